The lowest BCUT2D eigenvalue weighted by Gasteiger charge is -2.50. The highest BCUT2D eigenvalue weighted by Crippen LogP contribution is 2.41. The molecule has 0 amide bonds. The molecule has 0 unspecified atom stereocenters. The topological polar surface area (TPSA) is 15.3 Å². The Labute approximate surface area is 103 Å². The minimum atomic E-state index is 0.0998. The number of hydrazine groups is 1. The lowest BCUT2D eigenvalue weighted by molar-refractivity contribution is 0.0958. The SMILES string of the molecule is BC(B)(B)C(C)(C)N1NCC=C1C(C)(C)C. The van der Waals surface area contributed by atoms with Crippen LogP contribution in [-0.2, 0) is 0 Å². The zero-order valence-corrected chi connectivity index (χ0v) is 12.2. The first-order valence-electron chi connectivity index (χ1n) is 6.22. The van der Waals surface area contributed by atoms with Crippen molar-refractivity contribution in [2.45, 2.75) is 45.3 Å². The zero-order chi connectivity index (χ0) is 12.8. The molecule has 1 aliphatic heterocycles. The monoisotopic (exact) mass is 218 g/mol. The van der Waals surface area contributed by atoms with Gasteiger partial charge in [0.2, 0.25) is 0 Å². The van der Waals surface area contributed by atoms with Crippen LogP contribution >= 0.6 is 0 Å². The molecule has 1 rings (SSSR count). The molecule has 0 saturated heterocycles. The summed E-state index contributed by atoms with van der Waals surface area (Å²) in [5.74, 6) is 0. The third-order valence-corrected chi connectivity index (χ3v) is 3.95. The first-order valence-corrected chi connectivity index (χ1v) is 6.22. The maximum Gasteiger partial charge on any atom is 0.0934 e. The summed E-state index contributed by atoms with van der Waals surface area (Å²) in [6.45, 7) is 12.4. The molecule has 88 valence electrons. The predicted molar refractivity (Wildman–Crippen MR) is 79.8 cm³/mol. The Bertz CT molecular complexity index is 297. The molecule has 1 heterocycles. The van der Waals surface area contributed by atoms with Gasteiger partial charge in [-0.15, -0.1) is 0 Å². The molecular weight excluding hydrogens is 193 g/mol. The summed E-state index contributed by atoms with van der Waals surface area (Å²) < 4.78 is 0. The molecule has 1 N–H and O–H groups in total. The highest BCUT2D eigenvalue weighted by atomic mass is 15.6. The van der Waals surface area contributed by atoms with E-state index >= 15 is 0 Å². The molecule has 5 heteroatoms. The van der Waals surface area contributed by atoms with E-state index in [4.69, 9.17) is 0 Å². The lowest BCUT2D eigenvalue weighted by atomic mass is 9.35. The van der Waals surface area contributed by atoms with E-state index in [1.54, 1.807) is 0 Å². The van der Waals surface area contributed by atoms with Crippen LogP contribution in [0.2, 0.25) is 5.11 Å². The third kappa shape index (κ3) is 2.34. The van der Waals surface area contributed by atoms with Crippen molar-refractivity contribution in [2.75, 3.05) is 6.54 Å². The smallest absolute Gasteiger partial charge is 0.0934 e. The van der Waals surface area contributed by atoms with E-state index in [1.807, 2.05) is 0 Å². The molecule has 0 aromatic heterocycles. The minimum absolute atomic E-state index is 0.0998. The second-order valence-electron chi connectivity index (χ2n) is 7.35. The van der Waals surface area contributed by atoms with Crippen molar-refractivity contribution in [3.8, 4) is 0 Å². The molecule has 0 fully saturated rings. The Morgan fingerprint density at radius 3 is 2.00 bits per heavy atom. The van der Waals surface area contributed by atoms with Gasteiger partial charge in [0, 0.05) is 23.2 Å². The summed E-state index contributed by atoms with van der Waals surface area (Å²) in [6.07, 6.45) is 2.31. The van der Waals surface area contributed by atoms with E-state index in [9.17, 15) is 0 Å². The average Bonchev–Trinajstić information content (AvgIpc) is 2.47. The van der Waals surface area contributed by atoms with Gasteiger partial charge in [-0.2, -0.15) is 0 Å². The van der Waals surface area contributed by atoms with E-state index in [1.165, 1.54) is 5.70 Å². The van der Waals surface area contributed by atoms with Crippen molar-refractivity contribution in [1.82, 2.24) is 10.4 Å². The van der Waals surface area contributed by atoms with Crippen LogP contribution in [0.4, 0.5) is 0 Å². The number of rotatable bonds is 2. The van der Waals surface area contributed by atoms with Crippen molar-refractivity contribution < 1.29 is 0 Å². The van der Waals surface area contributed by atoms with Gasteiger partial charge >= 0.3 is 0 Å². The number of hydrogen-bond acceptors (Lipinski definition) is 2. The third-order valence-electron chi connectivity index (χ3n) is 3.95. The van der Waals surface area contributed by atoms with Crippen molar-refractivity contribution in [1.29, 1.82) is 0 Å². The summed E-state index contributed by atoms with van der Waals surface area (Å²) in [6, 6.07) is 0. The molecule has 0 radical (unpaired) electrons. The van der Waals surface area contributed by atoms with Crippen LogP contribution in [0.5, 0.6) is 0 Å². The fourth-order valence-electron chi connectivity index (χ4n) is 1.89. The average molecular weight is 218 g/mol. The molecule has 0 aromatic carbocycles. The first-order chi connectivity index (χ1) is 6.98. The van der Waals surface area contributed by atoms with Crippen molar-refractivity contribution in [3.63, 3.8) is 0 Å². The van der Waals surface area contributed by atoms with E-state index < -0.39 is 0 Å². The standard InChI is InChI=1S/C11H25B3N2/c1-9(2,3)8-6-7-15-16(8)10(4,5)11(12,13)14/h6,15H,7,12-14H2,1-5H3. The molecule has 0 spiro atoms. The normalized spacial score (nSPS) is 18.8. The highest BCUT2D eigenvalue weighted by Gasteiger charge is 2.42. The van der Waals surface area contributed by atoms with E-state index in [-0.39, 0.29) is 16.1 Å². The minimum Gasteiger partial charge on any atom is -0.308 e. The molecule has 1 aliphatic rings. The summed E-state index contributed by atoms with van der Waals surface area (Å²) in [7, 11) is 6.90. The number of hydrogen-bond donors (Lipinski definition) is 1. The van der Waals surface area contributed by atoms with Gasteiger partial charge in [-0.1, -0.05) is 25.9 Å². The Balaban J connectivity index is 3.03. The Hall–Kier alpha value is -0.305. The molecule has 0 atom stereocenters. The zero-order valence-electron chi connectivity index (χ0n) is 12.2. The number of nitrogens with zero attached hydrogens (tertiary/aromatic N) is 1. The number of allylic oxidation sites excluding steroid dienone is 1. The van der Waals surface area contributed by atoms with Crippen LogP contribution in [0, 0.1) is 5.41 Å². The highest BCUT2D eigenvalue weighted by molar-refractivity contribution is 6.59. The van der Waals surface area contributed by atoms with Crippen molar-refractivity contribution in [2.24, 2.45) is 5.41 Å². The quantitative estimate of drug-likeness (QED) is 0.627. The summed E-state index contributed by atoms with van der Waals surface area (Å²) in [5, 5.41) is 2.60. The van der Waals surface area contributed by atoms with Gasteiger partial charge in [0.15, 0.2) is 0 Å². The molecule has 16 heavy (non-hydrogen) atoms. The van der Waals surface area contributed by atoms with Gasteiger partial charge in [-0.05, 0) is 19.9 Å². The molecule has 0 aliphatic carbocycles. The Morgan fingerprint density at radius 1 is 1.12 bits per heavy atom. The number of nitrogens with one attached hydrogen (secondary N) is 1. The summed E-state index contributed by atoms with van der Waals surface area (Å²) in [4.78, 5) is 0. The van der Waals surface area contributed by atoms with Crippen LogP contribution in [0.25, 0.3) is 0 Å². The molecule has 0 aromatic rings. The van der Waals surface area contributed by atoms with Crippen molar-refractivity contribution >= 4 is 23.5 Å². The van der Waals surface area contributed by atoms with Gasteiger partial charge in [0.1, 0.15) is 0 Å². The Morgan fingerprint density at radius 2 is 1.62 bits per heavy atom. The largest absolute Gasteiger partial charge is 0.308 e. The maximum absolute atomic E-state index is 3.50. The molecular formula is C11H25B3N2. The maximum atomic E-state index is 3.50. The van der Waals surface area contributed by atoms with Crippen LogP contribution < -0.4 is 5.43 Å². The van der Waals surface area contributed by atoms with E-state index in [0.29, 0.717) is 0 Å². The van der Waals surface area contributed by atoms with Crippen molar-refractivity contribution in [3.05, 3.63) is 11.8 Å². The van der Waals surface area contributed by atoms with Crippen LogP contribution in [0.3, 0.4) is 0 Å². The van der Waals surface area contributed by atoms with Gasteiger partial charge < -0.3 is 5.01 Å². The summed E-state index contributed by atoms with van der Waals surface area (Å²) in [5.41, 5.74) is 5.21. The fourth-order valence-corrected chi connectivity index (χ4v) is 1.89. The Kier molecular flexibility index (Phi) is 3.33. The fraction of sp³-hybridized carbons (Fsp3) is 0.818. The van der Waals surface area contributed by atoms with Crippen LogP contribution in [0.15, 0.2) is 11.8 Å². The molecule has 0 saturated carbocycles. The van der Waals surface area contributed by atoms with E-state index in [2.05, 4.69) is 74.7 Å². The van der Waals surface area contributed by atoms with Gasteiger partial charge in [0.25, 0.3) is 0 Å². The lowest BCUT2D eigenvalue weighted by Crippen LogP contribution is -2.57. The van der Waals surface area contributed by atoms with Crippen LogP contribution in [0.1, 0.15) is 34.6 Å². The second kappa shape index (κ2) is 3.87. The van der Waals surface area contributed by atoms with Gasteiger partial charge in [-0.25, -0.2) is 5.43 Å². The molecule has 0 bridgehead atoms. The van der Waals surface area contributed by atoms with Crippen LogP contribution in [-0.4, -0.2) is 40.6 Å². The predicted octanol–water partition coefficient (Wildman–Crippen LogP) is -0.512. The first kappa shape index (κ1) is 13.8. The second-order valence-corrected chi connectivity index (χ2v) is 7.35. The van der Waals surface area contributed by atoms with E-state index in [0.717, 1.165) is 6.54 Å². The molecule has 2 nitrogen and oxygen atoms in total. The van der Waals surface area contributed by atoms with Gasteiger partial charge in [0.05, 0.1) is 23.5 Å². The summed E-state index contributed by atoms with van der Waals surface area (Å²) >= 11 is 0. The van der Waals surface area contributed by atoms with Gasteiger partial charge in [-0.3, -0.25) is 0 Å².